The zero-order valence-corrected chi connectivity index (χ0v) is 28.1. The van der Waals surface area contributed by atoms with Gasteiger partial charge in [-0.25, -0.2) is 9.97 Å². The summed E-state index contributed by atoms with van der Waals surface area (Å²) in [5.41, 5.74) is 12.8. The third-order valence-electron chi connectivity index (χ3n) is 10.5. The van der Waals surface area contributed by atoms with E-state index in [0.717, 1.165) is 50.3 Å². The van der Waals surface area contributed by atoms with Crippen molar-refractivity contribution in [2.24, 2.45) is 0 Å². The zero-order valence-electron chi connectivity index (χ0n) is 28.1. The monoisotopic (exact) mass is 662 g/mol. The van der Waals surface area contributed by atoms with Crippen LogP contribution < -0.4 is 0 Å². The Morgan fingerprint density at radius 1 is 0.308 bits per heavy atom. The summed E-state index contributed by atoms with van der Waals surface area (Å²) >= 11 is 0. The summed E-state index contributed by atoms with van der Waals surface area (Å²) in [6.07, 6.45) is 0. The summed E-state index contributed by atoms with van der Waals surface area (Å²) in [6.45, 7) is 0. The standard InChI is InChI=1S/C48H30N4/c1-3-13-31(14-4-1)47-48(50-42-20-10-9-19-41(42)49-47)34-24-23-33-28-36(26-25-32(33)27-34)52-44-22-12-8-18-38(44)40-29-45-39(30-46(40)52)37-17-7-11-21-43(37)51(45)35-15-5-2-6-16-35/h1-30H. The number of nitrogens with zero attached hydrogens (tertiary/aromatic N) is 4. The minimum absolute atomic E-state index is 0.886. The molecule has 0 amide bonds. The van der Waals surface area contributed by atoms with Gasteiger partial charge >= 0.3 is 0 Å². The van der Waals surface area contributed by atoms with Crippen LogP contribution >= 0.6 is 0 Å². The summed E-state index contributed by atoms with van der Waals surface area (Å²) in [5.74, 6) is 0. The average molecular weight is 663 g/mol. The summed E-state index contributed by atoms with van der Waals surface area (Å²) < 4.78 is 4.82. The van der Waals surface area contributed by atoms with Crippen molar-refractivity contribution >= 4 is 65.4 Å². The van der Waals surface area contributed by atoms with E-state index in [-0.39, 0.29) is 0 Å². The third-order valence-corrected chi connectivity index (χ3v) is 10.5. The van der Waals surface area contributed by atoms with E-state index < -0.39 is 0 Å². The van der Waals surface area contributed by atoms with Gasteiger partial charge in [0.25, 0.3) is 0 Å². The van der Waals surface area contributed by atoms with E-state index in [1.54, 1.807) is 0 Å². The second kappa shape index (κ2) is 11.2. The second-order valence-electron chi connectivity index (χ2n) is 13.4. The van der Waals surface area contributed by atoms with Gasteiger partial charge in [-0.1, -0.05) is 115 Å². The van der Waals surface area contributed by atoms with Gasteiger partial charge < -0.3 is 9.13 Å². The molecule has 0 unspecified atom stereocenters. The zero-order chi connectivity index (χ0) is 34.2. The lowest BCUT2D eigenvalue weighted by Gasteiger charge is -2.13. The van der Waals surface area contributed by atoms with Crippen molar-refractivity contribution in [3.05, 3.63) is 182 Å². The quantitative estimate of drug-likeness (QED) is 0.188. The highest BCUT2D eigenvalue weighted by molar-refractivity contribution is 6.19. The molecule has 0 N–H and O–H groups in total. The number of fused-ring (bicyclic) bond motifs is 8. The highest BCUT2D eigenvalue weighted by Gasteiger charge is 2.19. The molecule has 0 aliphatic carbocycles. The number of rotatable bonds is 4. The van der Waals surface area contributed by atoms with Crippen LogP contribution in [-0.4, -0.2) is 19.1 Å². The van der Waals surface area contributed by atoms with Crippen molar-refractivity contribution in [2.75, 3.05) is 0 Å². The Labute approximate surface area is 299 Å². The van der Waals surface area contributed by atoms with Crippen LogP contribution in [0, 0.1) is 0 Å². The van der Waals surface area contributed by atoms with Crippen molar-refractivity contribution in [1.29, 1.82) is 0 Å². The van der Waals surface area contributed by atoms with Gasteiger partial charge in [-0.3, -0.25) is 0 Å². The molecule has 0 radical (unpaired) electrons. The molecule has 0 saturated carbocycles. The van der Waals surface area contributed by atoms with Gasteiger partial charge in [-0.05, 0) is 77.5 Å². The number of hydrogen-bond donors (Lipinski definition) is 0. The molecule has 8 aromatic carbocycles. The Morgan fingerprint density at radius 3 is 1.46 bits per heavy atom. The molecule has 242 valence electrons. The predicted molar refractivity (Wildman–Crippen MR) is 217 cm³/mol. The fourth-order valence-corrected chi connectivity index (χ4v) is 8.08. The van der Waals surface area contributed by atoms with Crippen LogP contribution in [-0.2, 0) is 0 Å². The van der Waals surface area contributed by atoms with Crippen molar-refractivity contribution in [3.63, 3.8) is 0 Å². The maximum absolute atomic E-state index is 5.15. The third kappa shape index (κ3) is 4.34. The van der Waals surface area contributed by atoms with Crippen molar-refractivity contribution in [1.82, 2.24) is 19.1 Å². The Kier molecular flexibility index (Phi) is 6.22. The first-order valence-electron chi connectivity index (χ1n) is 17.7. The normalized spacial score (nSPS) is 11.8. The number of aromatic nitrogens is 4. The lowest BCUT2D eigenvalue weighted by molar-refractivity contribution is 1.18. The van der Waals surface area contributed by atoms with E-state index in [1.807, 2.05) is 30.3 Å². The molecule has 0 saturated heterocycles. The van der Waals surface area contributed by atoms with Crippen LogP contribution in [0.1, 0.15) is 0 Å². The molecular weight excluding hydrogens is 633 g/mol. The number of hydrogen-bond acceptors (Lipinski definition) is 2. The highest BCUT2D eigenvalue weighted by Crippen LogP contribution is 2.40. The van der Waals surface area contributed by atoms with Gasteiger partial charge in [0, 0.05) is 44.0 Å². The second-order valence-corrected chi connectivity index (χ2v) is 13.4. The first-order chi connectivity index (χ1) is 25.8. The minimum atomic E-state index is 0.886. The summed E-state index contributed by atoms with van der Waals surface area (Å²) in [4.78, 5) is 10.3. The van der Waals surface area contributed by atoms with Crippen LogP contribution in [0.5, 0.6) is 0 Å². The SMILES string of the molecule is c1ccc(-c2nc3ccccc3nc2-c2ccc3cc(-n4c5ccccc5c5cc6c(cc54)c4ccccc4n6-c4ccccc4)ccc3c2)cc1. The summed E-state index contributed by atoms with van der Waals surface area (Å²) in [7, 11) is 0. The molecule has 0 fully saturated rings. The van der Waals surface area contributed by atoms with Crippen molar-refractivity contribution < 1.29 is 0 Å². The van der Waals surface area contributed by atoms with Gasteiger partial charge in [-0.15, -0.1) is 0 Å². The molecule has 11 rings (SSSR count). The van der Waals surface area contributed by atoms with Crippen molar-refractivity contribution in [2.45, 2.75) is 0 Å². The minimum Gasteiger partial charge on any atom is -0.309 e. The largest absolute Gasteiger partial charge is 0.309 e. The van der Waals surface area contributed by atoms with E-state index >= 15 is 0 Å². The van der Waals surface area contributed by atoms with E-state index in [4.69, 9.17) is 9.97 Å². The number of benzene rings is 8. The van der Waals surface area contributed by atoms with E-state index in [2.05, 4.69) is 161 Å². The van der Waals surface area contributed by atoms with Crippen LogP contribution in [0.2, 0.25) is 0 Å². The lowest BCUT2D eigenvalue weighted by atomic mass is 10.00. The van der Waals surface area contributed by atoms with Crippen LogP contribution in [0.25, 0.3) is 99.3 Å². The Hall–Kier alpha value is -7.04. The summed E-state index contributed by atoms with van der Waals surface area (Å²) in [5, 5.41) is 7.29. The van der Waals surface area contributed by atoms with Crippen LogP contribution in [0.15, 0.2) is 182 Å². The molecule has 0 spiro atoms. The van der Waals surface area contributed by atoms with Crippen LogP contribution in [0.3, 0.4) is 0 Å². The van der Waals surface area contributed by atoms with E-state index in [1.165, 1.54) is 49.0 Å². The molecule has 0 aliphatic rings. The molecule has 11 aromatic rings. The first kappa shape index (κ1) is 28.8. The highest BCUT2D eigenvalue weighted by atomic mass is 15.0. The Morgan fingerprint density at radius 2 is 0.808 bits per heavy atom. The maximum atomic E-state index is 5.15. The average Bonchev–Trinajstić information content (AvgIpc) is 3.71. The van der Waals surface area contributed by atoms with Gasteiger partial charge in [0.05, 0.1) is 44.5 Å². The van der Waals surface area contributed by atoms with E-state index in [0.29, 0.717) is 0 Å². The maximum Gasteiger partial charge on any atom is 0.0973 e. The molecule has 3 aromatic heterocycles. The smallest absolute Gasteiger partial charge is 0.0973 e. The Bertz CT molecular complexity index is 3170. The molecule has 52 heavy (non-hydrogen) atoms. The molecule has 4 nitrogen and oxygen atoms in total. The predicted octanol–water partition coefficient (Wildman–Crippen LogP) is 12.3. The van der Waals surface area contributed by atoms with Crippen LogP contribution in [0.4, 0.5) is 0 Å². The molecular formula is C48H30N4. The molecule has 0 bridgehead atoms. The molecule has 3 heterocycles. The van der Waals surface area contributed by atoms with E-state index in [9.17, 15) is 0 Å². The molecule has 0 aliphatic heterocycles. The topological polar surface area (TPSA) is 35.6 Å². The number of para-hydroxylation sites is 5. The fraction of sp³-hybridized carbons (Fsp3) is 0. The fourth-order valence-electron chi connectivity index (χ4n) is 8.08. The first-order valence-corrected chi connectivity index (χ1v) is 17.7. The lowest BCUT2D eigenvalue weighted by Crippen LogP contribution is -1.96. The Balaban J connectivity index is 1.11. The van der Waals surface area contributed by atoms with Gasteiger partial charge in [0.2, 0.25) is 0 Å². The summed E-state index contributed by atoms with van der Waals surface area (Å²) in [6, 6.07) is 64.9. The van der Waals surface area contributed by atoms with Crippen molar-refractivity contribution in [3.8, 4) is 33.9 Å². The molecule has 0 atom stereocenters. The molecule has 4 heteroatoms. The van der Waals surface area contributed by atoms with Gasteiger partial charge in [-0.2, -0.15) is 0 Å². The van der Waals surface area contributed by atoms with Gasteiger partial charge in [0.15, 0.2) is 0 Å². The van der Waals surface area contributed by atoms with Gasteiger partial charge in [0.1, 0.15) is 0 Å².